The van der Waals surface area contributed by atoms with Gasteiger partial charge in [0.2, 0.25) is 0 Å². The molecule has 2 atom stereocenters. The van der Waals surface area contributed by atoms with Crippen LogP contribution < -0.4 is 10.2 Å². The molecule has 0 bridgehead atoms. The van der Waals surface area contributed by atoms with E-state index in [1.807, 2.05) is 11.8 Å². The number of halogens is 1. The summed E-state index contributed by atoms with van der Waals surface area (Å²) in [5, 5.41) is 22.2. The number of hydrogen-bond donors (Lipinski definition) is 3. The number of nitrogens with zero attached hydrogens (tertiary/aromatic N) is 3. The molecule has 1 saturated heterocycles. The quantitative estimate of drug-likeness (QED) is 0.741. The molecule has 2 unspecified atom stereocenters. The Hall–Kier alpha value is -0.920. The molecule has 7 heteroatoms. The standard InChI is InChI=1S/C10H15BrN4O2/c1-2-12-9-8(11)10(14-5-13-9)15-3-6(16)7(17)4-15/h5-7,16-17H,2-4H2,1H3,(H,12,13,14). The van der Waals surface area contributed by atoms with E-state index in [1.165, 1.54) is 6.33 Å². The molecule has 2 rings (SSSR count). The summed E-state index contributed by atoms with van der Waals surface area (Å²) in [4.78, 5) is 10.1. The average Bonchev–Trinajstić information content (AvgIpc) is 2.62. The van der Waals surface area contributed by atoms with Gasteiger partial charge in [0.05, 0.1) is 12.2 Å². The van der Waals surface area contributed by atoms with Gasteiger partial charge in [-0.3, -0.25) is 0 Å². The summed E-state index contributed by atoms with van der Waals surface area (Å²) in [5.74, 6) is 1.40. The summed E-state index contributed by atoms with van der Waals surface area (Å²) in [5.41, 5.74) is 0. The maximum absolute atomic E-state index is 9.53. The largest absolute Gasteiger partial charge is 0.389 e. The summed E-state index contributed by atoms with van der Waals surface area (Å²) < 4.78 is 0.753. The van der Waals surface area contributed by atoms with Crippen molar-refractivity contribution >= 4 is 27.6 Å². The SMILES string of the molecule is CCNc1ncnc(N2CC(O)C(O)C2)c1Br. The van der Waals surface area contributed by atoms with Crippen LogP contribution in [0.2, 0.25) is 0 Å². The van der Waals surface area contributed by atoms with Crippen molar-refractivity contribution in [1.29, 1.82) is 0 Å². The number of aromatic nitrogens is 2. The molecule has 0 aliphatic carbocycles. The zero-order chi connectivity index (χ0) is 12.4. The molecule has 0 saturated carbocycles. The second-order valence-electron chi connectivity index (χ2n) is 3.93. The number of aliphatic hydroxyl groups is 2. The van der Waals surface area contributed by atoms with E-state index in [1.54, 1.807) is 0 Å². The fraction of sp³-hybridized carbons (Fsp3) is 0.600. The van der Waals surface area contributed by atoms with Crippen LogP contribution in [0.25, 0.3) is 0 Å². The molecule has 0 amide bonds. The molecule has 2 heterocycles. The first-order chi connectivity index (χ1) is 8.13. The highest BCUT2D eigenvalue weighted by Crippen LogP contribution is 2.31. The lowest BCUT2D eigenvalue weighted by molar-refractivity contribution is 0.0572. The predicted molar refractivity (Wildman–Crippen MR) is 68.1 cm³/mol. The summed E-state index contributed by atoms with van der Waals surface area (Å²) in [7, 11) is 0. The van der Waals surface area contributed by atoms with Crippen LogP contribution in [0.15, 0.2) is 10.8 Å². The predicted octanol–water partition coefficient (Wildman–Crippen LogP) is 0.213. The van der Waals surface area contributed by atoms with Crippen LogP contribution in [0, 0.1) is 0 Å². The molecule has 0 spiro atoms. The molecule has 6 nitrogen and oxygen atoms in total. The molecule has 1 fully saturated rings. The molecule has 3 N–H and O–H groups in total. The van der Waals surface area contributed by atoms with E-state index in [9.17, 15) is 10.2 Å². The van der Waals surface area contributed by atoms with Gasteiger partial charge in [0, 0.05) is 19.6 Å². The number of anilines is 2. The van der Waals surface area contributed by atoms with E-state index < -0.39 is 12.2 Å². The van der Waals surface area contributed by atoms with Gasteiger partial charge in [0.15, 0.2) is 0 Å². The van der Waals surface area contributed by atoms with Crippen LogP contribution >= 0.6 is 15.9 Å². The van der Waals surface area contributed by atoms with Crippen LogP contribution in [0.1, 0.15) is 6.92 Å². The van der Waals surface area contributed by atoms with Gasteiger partial charge in [-0.05, 0) is 22.9 Å². The smallest absolute Gasteiger partial charge is 0.148 e. The third kappa shape index (κ3) is 2.51. The Morgan fingerprint density at radius 3 is 2.65 bits per heavy atom. The van der Waals surface area contributed by atoms with Crippen LogP contribution in [0.4, 0.5) is 11.6 Å². The fourth-order valence-electron chi connectivity index (χ4n) is 1.81. The summed E-state index contributed by atoms with van der Waals surface area (Å²) >= 11 is 3.44. The molecule has 1 aromatic heterocycles. The Morgan fingerprint density at radius 1 is 1.41 bits per heavy atom. The maximum atomic E-state index is 9.53. The zero-order valence-electron chi connectivity index (χ0n) is 9.47. The molecular weight excluding hydrogens is 288 g/mol. The van der Waals surface area contributed by atoms with E-state index in [2.05, 4.69) is 31.2 Å². The lowest BCUT2D eigenvalue weighted by atomic mass is 10.3. The van der Waals surface area contributed by atoms with Crippen molar-refractivity contribution in [3.8, 4) is 0 Å². The van der Waals surface area contributed by atoms with Gasteiger partial charge in [0.25, 0.3) is 0 Å². The van der Waals surface area contributed by atoms with Crippen molar-refractivity contribution in [3.05, 3.63) is 10.8 Å². The third-order valence-corrected chi connectivity index (χ3v) is 3.40. The van der Waals surface area contributed by atoms with Crippen molar-refractivity contribution in [1.82, 2.24) is 9.97 Å². The number of rotatable bonds is 3. The fourth-order valence-corrected chi connectivity index (χ4v) is 2.41. The first-order valence-electron chi connectivity index (χ1n) is 5.49. The lowest BCUT2D eigenvalue weighted by Crippen LogP contribution is -2.23. The highest BCUT2D eigenvalue weighted by atomic mass is 79.9. The Labute approximate surface area is 108 Å². The molecular formula is C10H15BrN4O2. The van der Waals surface area contributed by atoms with E-state index in [4.69, 9.17) is 0 Å². The minimum Gasteiger partial charge on any atom is -0.389 e. The molecule has 1 aliphatic rings. The van der Waals surface area contributed by atoms with Gasteiger partial charge in [0.1, 0.15) is 22.4 Å². The molecule has 0 radical (unpaired) electrons. The highest BCUT2D eigenvalue weighted by molar-refractivity contribution is 9.10. The monoisotopic (exact) mass is 302 g/mol. The van der Waals surface area contributed by atoms with Crippen LogP contribution in [0.5, 0.6) is 0 Å². The van der Waals surface area contributed by atoms with Crippen molar-refractivity contribution in [3.63, 3.8) is 0 Å². The second-order valence-corrected chi connectivity index (χ2v) is 4.72. The van der Waals surface area contributed by atoms with Gasteiger partial charge in [-0.1, -0.05) is 0 Å². The lowest BCUT2D eigenvalue weighted by Gasteiger charge is -2.19. The maximum Gasteiger partial charge on any atom is 0.148 e. The van der Waals surface area contributed by atoms with Crippen LogP contribution in [0.3, 0.4) is 0 Å². The first-order valence-corrected chi connectivity index (χ1v) is 6.28. The minimum atomic E-state index is -0.723. The highest BCUT2D eigenvalue weighted by Gasteiger charge is 2.31. The minimum absolute atomic E-state index is 0.377. The second kappa shape index (κ2) is 5.16. The summed E-state index contributed by atoms with van der Waals surface area (Å²) in [6.07, 6.45) is 0.0220. The molecule has 1 aliphatic heterocycles. The molecule has 17 heavy (non-hydrogen) atoms. The van der Waals surface area contributed by atoms with Crippen molar-refractivity contribution in [2.45, 2.75) is 19.1 Å². The van der Waals surface area contributed by atoms with Gasteiger partial charge < -0.3 is 20.4 Å². The Kier molecular flexibility index (Phi) is 3.80. The van der Waals surface area contributed by atoms with Gasteiger partial charge in [-0.25, -0.2) is 9.97 Å². The summed E-state index contributed by atoms with van der Waals surface area (Å²) in [6, 6.07) is 0. The Morgan fingerprint density at radius 2 is 2.06 bits per heavy atom. The average molecular weight is 303 g/mol. The third-order valence-electron chi connectivity index (χ3n) is 2.67. The van der Waals surface area contributed by atoms with Crippen molar-refractivity contribution in [2.75, 3.05) is 29.9 Å². The molecule has 94 valence electrons. The van der Waals surface area contributed by atoms with E-state index >= 15 is 0 Å². The number of hydrogen-bond acceptors (Lipinski definition) is 6. The topological polar surface area (TPSA) is 81.5 Å². The molecule has 1 aromatic rings. The summed E-state index contributed by atoms with van der Waals surface area (Å²) in [6.45, 7) is 3.50. The van der Waals surface area contributed by atoms with E-state index in [0.29, 0.717) is 24.7 Å². The van der Waals surface area contributed by atoms with Crippen molar-refractivity contribution in [2.24, 2.45) is 0 Å². The Balaban J connectivity index is 2.24. The van der Waals surface area contributed by atoms with Crippen LogP contribution in [-0.2, 0) is 0 Å². The first kappa shape index (κ1) is 12.5. The van der Waals surface area contributed by atoms with E-state index in [-0.39, 0.29) is 0 Å². The zero-order valence-corrected chi connectivity index (χ0v) is 11.1. The van der Waals surface area contributed by atoms with Crippen molar-refractivity contribution < 1.29 is 10.2 Å². The van der Waals surface area contributed by atoms with Gasteiger partial charge >= 0.3 is 0 Å². The normalized spacial score (nSPS) is 24.1. The van der Waals surface area contributed by atoms with Gasteiger partial charge in [-0.15, -0.1) is 0 Å². The molecule has 0 aromatic carbocycles. The number of aliphatic hydroxyl groups excluding tert-OH is 2. The van der Waals surface area contributed by atoms with Gasteiger partial charge in [-0.2, -0.15) is 0 Å². The number of β-amino-alcohol motifs (C(OH)–C–C–N with tert-alkyl or cyclic N) is 2. The number of nitrogens with one attached hydrogen (secondary N) is 1. The van der Waals surface area contributed by atoms with E-state index in [0.717, 1.165) is 11.0 Å². The Bertz CT molecular complexity index is 394. The van der Waals surface area contributed by atoms with Crippen LogP contribution in [-0.4, -0.2) is 52.0 Å².